The molecule has 0 atom stereocenters. The lowest BCUT2D eigenvalue weighted by atomic mass is 10.1. The fourth-order valence-electron chi connectivity index (χ4n) is 3.94. The molecule has 166 valence electrons. The molecule has 0 saturated carbocycles. The average molecular weight is 442 g/mol. The van der Waals surface area contributed by atoms with Gasteiger partial charge in [0.15, 0.2) is 5.82 Å². The molecule has 2 aromatic carbocycles. The minimum atomic E-state index is -0.277. The van der Waals surface area contributed by atoms with E-state index in [0.717, 1.165) is 22.0 Å². The van der Waals surface area contributed by atoms with Crippen LogP contribution in [0, 0.1) is 13.8 Å². The molecule has 0 unspecified atom stereocenters. The highest BCUT2D eigenvalue weighted by molar-refractivity contribution is 6.06. The molecule has 0 aliphatic carbocycles. The quantitative estimate of drug-likeness (QED) is 0.433. The van der Waals surface area contributed by atoms with Crippen molar-refractivity contribution < 1.29 is 9.32 Å². The summed E-state index contributed by atoms with van der Waals surface area (Å²) in [6.45, 7) is 4.20. The maximum atomic E-state index is 13.5. The smallest absolute Gasteiger partial charge is 0.278 e. The Kier molecular flexibility index (Phi) is 5.21. The van der Waals surface area contributed by atoms with E-state index in [-0.39, 0.29) is 24.6 Å². The summed E-state index contributed by atoms with van der Waals surface area (Å²) in [5, 5.41) is 7.54. The molecule has 0 radical (unpaired) electrons. The largest absolute Gasteiger partial charge is 0.350 e. The van der Waals surface area contributed by atoms with Crippen molar-refractivity contribution in [2.75, 3.05) is 0 Å². The fraction of sp³-hybridized carbons (Fsp3) is 0.208. The monoisotopic (exact) mass is 442 g/mol. The van der Waals surface area contributed by atoms with E-state index in [9.17, 15) is 9.59 Å². The van der Waals surface area contributed by atoms with Crippen molar-refractivity contribution in [2.24, 2.45) is 0 Å². The SMILES string of the molecule is Cc1ccc2c(c1)c1ncn(Cc3nc(C)no3)c(=O)c1n2CC(=O)NCc1ccccc1. The summed E-state index contributed by atoms with van der Waals surface area (Å²) in [4.78, 5) is 35.0. The Bertz CT molecular complexity index is 1530. The molecular formula is C24H22N6O3. The van der Waals surface area contributed by atoms with Crippen molar-refractivity contribution in [1.82, 2.24) is 29.6 Å². The lowest BCUT2D eigenvalue weighted by Crippen LogP contribution is -2.29. The predicted octanol–water partition coefficient (Wildman–Crippen LogP) is 2.72. The number of nitrogens with zero attached hydrogens (tertiary/aromatic N) is 5. The van der Waals surface area contributed by atoms with Gasteiger partial charge in [-0.3, -0.25) is 14.2 Å². The molecule has 1 N–H and O–H groups in total. The molecule has 3 aromatic heterocycles. The molecular weight excluding hydrogens is 420 g/mol. The Balaban J connectivity index is 1.55. The number of aromatic nitrogens is 5. The molecule has 5 aromatic rings. The molecule has 0 fully saturated rings. The van der Waals surface area contributed by atoms with Crippen LogP contribution in [0.3, 0.4) is 0 Å². The molecule has 1 amide bonds. The number of fused-ring (bicyclic) bond motifs is 3. The first kappa shape index (κ1) is 20.6. The van der Waals surface area contributed by atoms with Crippen molar-refractivity contribution in [3.63, 3.8) is 0 Å². The van der Waals surface area contributed by atoms with E-state index >= 15 is 0 Å². The van der Waals surface area contributed by atoms with Crippen LogP contribution in [-0.2, 0) is 24.4 Å². The third-order valence-electron chi connectivity index (χ3n) is 5.49. The average Bonchev–Trinajstić information content (AvgIpc) is 3.36. The lowest BCUT2D eigenvalue weighted by Gasteiger charge is -2.09. The van der Waals surface area contributed by atoms with E-state index in [0.29, 0.717) is 29.3 Å². The first-order valence-corrected chi connectivity index (χ1v) is 10.6. The van der Waals surface area contributed by atoms with Crippen LogP contribution in [0.1, 0.15) is 22.8 Å². The standard InChI is InChI=1S/C24H22N6O3/c1-15-8-9-19-18(10-15)22-23(24(32)29(14-26-22)13-21-27-16(2)28-33-21)30(19)12-20(31)25-11-17-6-4-3-5-7-17/h3-10,14H,11-13H2,1-2H3,(H,25,31). The van der Waals surface area contributed by atoms with Gasteiger partial charge in [0.05, 0.1) is 11.8 Å². The zero-order chi connectivity index (χ0) is 22.9. The maximum Gasteiger partial charge on any atom is 0.278 e. The molecule has 0 saturated heterocycles. The second kappa shape index (κ2) is 8.34. The van der Waals surface area contributed by atoms with Crippen molar-refractivity contribution in [1.29, 1.82) is 0 Å². The van der Waals surface area contributed by atoms with Gasteiger partial charge in [-0.2, -0.15) is 4.98 Å². The summed E-state index contributed by atoms with van der Waals surface area (Å²) in [7, 11) is 0. The number of aryl methyl sites for hydroxylation is 2. The molecule has 0 spiro atoms. The zero-order valence-corrected chi connectivity index (χ0v) is 18.3. The first-order valence-electron chi connectivity index (χ1n) is 10.6. The number of hydrogen-bond donors (Lipinski definition) is 1. The van der Waals surface area contributed by atoms with Gasteiger partial charge in [0, 0.05) is 11.9 Å². The van der Waals surface area contributed by atoms with Gasteiger partial charge in [0.1, 0.15) is 24.1 Å². The summed E-state index contributed by atoms with van der Waals surface area (Å²) < 4.78 is 8.31. The number of amides is 1. The summed E-state index contributed by atoms with van der Waals surface area (Å²) in [5.74, 6) is 0.613. The summed E-state index contributed by atoms with van der Waals surface area (Å²) in [6.07, 6.45) is 1.48. The number of carbonyl (C=O) groups is 1. The number of nitrogens with one attached hydrogen (secondary N) is 1. The van der Waals surface area contributed by atoms with Gasteiger partial charge in [0.25, 0.3) is 5.56 Å². The molecule has 9 nitrogen and oxygen atoms in total. The second-order valence-electron chi connectivity index (χ2n) is 7.98. The Labute approximate surface area is 188 Å². The molecule has 0 aliphatic heterocycles. The van der Waals surface area contributed by atoms with Gasteiger partial charge < -0.3 is 14.4 Å². The van der Waals surface area contributed by atoms with Crippen LogP contribution in [-0.4, -0.2) is 30.2 Å². The minimum absolute atomic E-state index is 0.00348. The molecule has 33 heavy (non-hydrogen) atoms. The van der Waals surface area contributed by atoms with Gasteiger partial charge in [-0.15, -0.1) is 0 Å². The Morgan fingerprint density at radius 2 is 1.94 bits per heavy atom. The Hall–Kier alpha value is -4.27. The van der Waals surface area contributed by atoms with Crippen molar-refractivity contribution in [3.05, 3.63) is 88.1 Å². The topological polar surface area (TPSA) is 108 Å². The van der Waals surface area contributed by atoms with Gasteiger partial charge in [-0.25, -0.2) is 4.98 Å². The van der Waals surface area contributed by atoms with Crippen molar-refractivity contribution in [3.8, 4) is 0 Å². The van der Waals surface area contributed by atoms with Crippen LogP contribution in [0.25, 0.3) is 21.9 Å². The third kappa shape index (κ3) is 4.00. The van der Waals surface area contributed by atoms with Gasteiger partial charge >= 0.3 is 0 Å². The lowest BCUT2D eigenvalue weighted by molar-refractivity contribution is -0.121. The van der Waals surface area contributed by atoms with Crippen LogP contribution in [0.2, 0.25) is 0 Å². The van der Waals surface area contributed by atoms with E-state index in [4.69, 9.17) is 4.52 Å². The van der Waals surface area contributed by atoms with Gasteiger partial charge in [-0.05, 0) is 31.5 Å². The number of hydrogen-bond acceptors (Lipinski definition) is 6. The number of rotatable bonds is 6. The van der Waals surface area contributed by atoms with Crippen LogP contribution in [0.4, 0.5) is 0 Å². The summed E-state index contributed by atoms with van der Waals surface area (Å²) in [6, 6.07) is 15.5. The number of carbonyl (C=O) groups excluding carboxylic acids is 1. The third-order valence-corrected chi connectivity index (χ3v) is 5.49. The van der Waals surface area contributed by atoms with E-state index in [1.807, 2.05) is 55.5 Å². The highest BCUT2D eigenvalue weighted by atomic mass is 16.5. The van der Waals surface area contributed by atoms with Crippen molar-refractivity contribution >= 4 is 27.8 Å². The van der Waals surface area contributed by atoms with Crippen LogP contribution in [0.5, 0.6) is 0 Å². The van der Waals surface area contributed by atoms with Crippen molar-refractivity contribution in [2.45, 2.75) is 33.5 Å². The summed E-state index contributed by atoms with van der Waals surface area (Å²) in [5.41, 5.74) is 3.48. The predicted molar refractivity (Wildman–Crippen MR) is 123 cm³/mol. The van der Waals surface area contributed by atoms with Crippen LogP contribution >= 0.6 is 0 Å². The van der Waals surface area contributed by atoms with E-state index in [2.05, 4.69) is 20.4 Å². The maximum absolute atomic E-state index is 13.5. The van der Waals surface area contributed by atoms with E-state index in [1.165, 1.54) is 10.9 Å². The zero-order valence-electron chi connectivity index (χ0n) is 18.3. The highest BCUT2D eigenvalue weighted by Crippen LogP contribution is 2.26. The van der Waals surface area contributed by atoms with E-state index < -0.39 is 0 Å². The minimum Gasteiger partial charge on any atom is -0.350 e. The molecule has 9 heteroatoms. The van der Waals surface area contributed by atoms with E-state index in [1.54, 1.807) is 11.5 Å². The van der Waals surface area contributed by atoms with Crippen LogP contribution < -0.4 is 10.9 Å². The molecule has 0 bridgehead atoms. The molecule has 5 rings (SSSR count). The summed E-state index contributed by atoms with van der Waals surface area (Å²) >= 11 is 0. The normalized spacial score (nSPS) is 11.3. The number of benzene rings is 2. The first-order chi connectivity index (χ1) is 16.0. The second-order valence-corrected chi connectivity index (χ2v) is 7.98. The Morgan fingerprint density at radius 3 is 2.70 bits per heavy atom. The highest BCUT2D eigenvalue weighted by Gasteiger charge is 2.19. The molecule has 3 heterocycles. The van der Waals surface area contributed by atoms with Gasteiger partial charge in [-0.1, -0.05) is 47.1 Å². The van der Waals surface area contributed by atoms with Crippen LogP contribution in [0.15, 0.2) is 64.2 Å². The Morgan fingerprint density at radius 1 is 1.12 bits per heavy atom. The fourth-order valence-corrected chi connectivity index (χ4v) is 3.94. The van der Waals surface area contributed by atoms with Gasteiger partial charge in [0.2, 0.25) is 11.8 Å². The molecule has 0 aliphatic rings.